The van der Waals surface area contributed by atoms with Crippen molar-refractivity contribution < 1.29 is 28.6 Å². The molecule has 1 aliphatic rings. The van der Waals surface area contributed by atoms with Gasteiger partial charge in [0.05, 0.1) is 19.8 Å². The number of carbonyl (C=O) groups excluding carboxylic acids is 3. The summed E-state index contributed by atoms with van der Waals surface area (Å²) in [5.74, 6) is -0.312. The Bertz CT molecular complexity index is 701. The Balaban J connectivity index is 1.95. The van der Waals surface area contributed by atoms with E-state index in [1.807, 2.05) is 13.8 Å². The Kier molecular flexibility index (Phi) is 7.91. The van der Waals surface area contributed by atoms with Gasteiger partial charge in [-0.1, -0.05) is 0 Å². The fraction of sp³-hybridized carbons (Fsp3) is 0.526. The normalized spacial score (nSPS) is 13.7. The third-order valence-electron chi connectivity index (χ3n) is 4.09. The summed E-state index contributed by atoms with van der Waals surface area (Å²) >= 11 is 0. The van der Waals surface area contributed by atoms with Gasteiger partial charge >= 0.3 is 17.9 Å². The van der Waals surface area contributed by atoms with Crippen LogP contribution in [-0.4, -0.2) is 73.7 Å². The van der Waals surface area contributed by atoms with E-state index < -0.39 is 17.9 Å². The molecule has 1 heterocycles. The van der Waals surface area contributed by atoms with Gasteiger partial charge in [-0.2, -0.15) is 0 Å². The summed E-state index contributed by atoms with van der Waals surface area (Å²) in [4.78, 5) is 39.4. The number of benzene rings is 1. The van der Waals surface area contributed by atoms with Gasteiger partial charge < -0.3 is 29.3 Å². The molecule has 0 unspecified atom stereocenters. The maximum Gasteiger partial charge on any atom is 0.409 e. The van der Waals surface area contributed by atoms with Crippen LogP contribution in [0.4, 0.5) is 10.5 Å². The Morgan fingerprint density at radius 2 is 1.50 bits per heavy atom. The number of piperazine rings is 1. The molecule has 1 aromatic carbocycles. The zero-order valence-corrected chi connectivity index (χ0v) is 16.5. The van der Waals surface area contributed by atoms with Crippen LogP contribution in [0.3, 0.4) is 0 Å². The lowest BCUT2D eigenvalue weighted by molar-refractivity contribution is -0.144. The van der Waals surface area contributed by atoms with Gasteiger partial charge in [0.15, 0.2) is 11.5 Å². The molecule has 0 spiro atoms. The number of carbonyl (C=O) groups is 3. The summed E-state index contributed by atoms with van der Waals surface area (Å²) in [5.41, 5.74) is 0.440. The second-order valence-electron chi connectivity index (χ2n) is 5.96. The number of hydrogen-bond acceptors (Lipinski definition) is 6. The van der Waals surface area contributed by atoms with Crippen molar-refractivity contribution in [2.75, 3.05) is 51.3 Å². The fourth-order valence-electron chi connectivity index (χ4n) is 2.76. The molecule has 1 saturated heterocycles. The van der Waals surface area contributed by atoms with Crippen molar-refractivity contribution in [3.8, 4) is 11.5 Å². The Labute approximate surface area is 164 Å². The minimum Gasteiger partial charge on any atom is -0.490 e. The fourth-order valence-corrected chi connectivity index (χ4v) is 2.76. The number of anilines is 1. The maximum absolute atomic E-state index is 12.4. The van der Waals surface area contributed by atoms with Crippen LogP contribution in [0.1, 0.15) is 20.8 Å². The van der Waals surface area contributed by atoms with E-state index in [1.165, 1.54) is 9.80 Å². The third-order valence-corrected chi connectivity index (χ3v) is 4.09. The molecule has 0 aliphatic carbocycles. The predicted molar refractivity (Wildman–Crippen MR) is 103 cm³/mol. The molecule has 3 amide bonds. The van der Waals surface area contributed by atoms with Crippen LogP contribution >= 0.6 is 0 Å². The number of ether oxygens (including phenoxy) is 3. The molecule has 9 heteroatoms. The molecule has 2 rings (SSSR count). The van der Waals surface area contributed by atoms with Crippen molar-refractivity contribution in [1.82, 2.24) is 9.80 Å². The molecule has 0 bridgehead atoms. The minimum absolute atomic E-state index is 0.276. The Hall–Kier alpha value is -2.97. The van der Waals surface area contributed by atoms with Crippen molar-refractivity contribution in [2.45, 2.75) is 20.8 Å². The molecule has 0 radical (unpaired) electrons. The lowest BCUT2D eigenvalue weighted by atomic mass is 10.2. The van der Waals surface area contributed by atoms with Gasteiger partial charge in [0, 0.05) is 37.9 Å². The van der Waals surface area contributed by atoms with Gasteiger partial charge in [-0.05, 0) is 32.9 Å². The van der Waals surface area contributed by atoms with Crippen LogP contribution in [0.15, 0.2) is 18.2 Å². The second kappa shape index (κ2) is 10.4. The summed E-state index contributed by atoms with van der Waals surface area (Å²) in [6.07, 6.45) is -0.406. The van der Waals surface area contributed by atoms with Crippen molar-refractivity contribution in [2.24, 2.45) is 0 Å². The molecule has 9 nitrogen and oxygen atoms in total. The average molecular weight is 393 g/mol. The SMILES string of the molecule is CCOC(=O)N1CCN(C(=O)C(=O)Nc2ccc(OCC)c(OCC)c2)CC1. The first-order valence-corrected chi connectivity index (χ1v) is 9.41. The molecular weight excluding hydrogens is 366 g/mol. The summed E-state index contributed by atoms with van der Waals surface area (Å²) in [5, 5.41) is 2.59. The number of nitrogens with one attached hydrogen (secondary N) is 1. The maximum atomic E-state index is 12.4. The molecule has 154 valence electrons. The Morgan fingerprint density at radius 3 is 2.11 bits per heavy atom. The van der Waals surface area contributed by atoms with Crippen molar-refractivity contribution in [3.05, 3.63) is 18.2 Å². The Morgan fingerprint density at radius 1 is 0.893 bits per heavy atom. The first kappa shape index (κ1) is 21.3. The first-order valence-electron chi connectivity index (χ1n) is 9.41. The molecule has 0 atom stereocenters. The molecule has 0 aromatic heterocycles. The zero-order valence-electron chi connectivity index (χ0n) is 16.5. The molecule has 1 aromatic rings. The summed E-state index contributed by atoms with van der Waals surface area (Å²) in [7, 11) is 0. The molecule has 1 N–H and O–H groups in total. The largest absolute Gasteiger partial charge is 0.490 e. The molecule has 0 saturated carbocycles. The highest BCUT2D eigenvalue weighted by Gasteiger charge is 2.28. The molecule has 1 fully saturated rings. The summed E-state index contributed by atoms with van der Waals surface area (Å²) < 4.78 is 15.9. The number of nitrogens with zero attached hydrogens (tertiary/aromatic N) is 2. The summed E-state index contributed by atoms with van der Waals surface area (Å²) in [6.45, 7) is 7.89. The van der Waals surface area contributed by atoms with Crippen LogP contribution in [0.2, 0.25) is 0 Å². The minimum atomic E-state index is -0.740. The van der Waals surface area contributed by atoms with E-state index in [-0.39, 0.29) is 13.1 Å². The van der Waals surface area contributed by atoms with Crippen LogP contribution in [0.25, 0.3) is 0 Å². The smallest absolute Gasteiger partial charge is 0.409 e. The number of hydrogen-bond donors (Lipinski definition) is 1. The molecule has 1 aliphatic heterocycles. The standard InChI is InChI=1S/C19H27N3O6/c1-4-26-15-8-7-14(13-16(15)27-5-2)20-17(23)18(24)21-9-11-22(12-10-21)19(25)28-6-3/h7-8,13H,4-6,9-12H2,1-3H3,(H,20,23). The van der Waals surface area contributed by atoms with Crippen molar-refractivity contribution >= 4 is 23.6 Å². The first-order chi connectivity index (χ1) is 13.5. The lowest BCUT2D eigenvalue weighted by Gasteiger charge is -2.33. The van der Waals surface area contributed by atoms with E-state index in [9.17, 15) is 14.4 Å². The van der Waals surface area contributed by atoms with E-state index in [2.05, 4.69) is 5.32 Å². The highest BCUT2D eigenvalue weighted by Crippen LogP contribution is 2.30. The van der Waals surface area contributed by atoms with Crippen LogP contribution in [-0.2, 0) is 14.3 Å². The number of rotatable bonds is 6. The second-order valence-corrected chi connectivity index (χ2v) is 5.96. The monoisotopic (exact) mass is 393 g/mol. The van der Waals surface area contributed by atoms with Gasteiger partial charge in [0.2, 0.25) is 0 Å². The molecular formula is C19H27N3O6. The van der Waals surface area contributed by atoms with Gasteiger partial charge in [-0.15, -0.1) is 0 Å². The highest BCUT2D eigenvalue weighted by molar-refractivity contribution is 6.39. The van der Waals surface area contributed by atoms with Gasteiger partial charge in [-0.25, -0.2) is 4.79 Å². The van der Waals surface area contributed by atoms with E-state index in [0.29, 0.717) is 50.1 Å². The number of amides is 3. The van der Waals surface area contributed by atoms with Crippen molar-refractivity contribution in [3.63, 3.8) is 0 Å². The third kappa shape index (κ3) is 5.51. The van der Waals surface area contributed by atoms with Gasteiger partial charge in [0.25, 0.3) is 0 Å². The predicted octanol–water partition coefficient (Wildman–Crippen LogP) is 1.72. The zero-order chi connectivity index (χ0) is 20.5. The van der Waals surface area contributed by atoms with E-state index in [0.717, 1.165) is 0 Å². The molecule has 28 heavy (non-hydrogen) atoms. The van der Waals surface area contributed by atoms with E-state index >= 15 is 0 Å². The van der Waals surface area contributed by atoms with Crippen molar-refractivity contribution in [1.29, 1.82) is 0 Å². The highest BCUT2D eigenvalue weighted by atomic mass is 16.6. The average Bonchev–Trinajstić information content (AvgIpc) is 2.70. The van der Waals surface area contributed by atoms with E-state index in [4.69, 9.17) is 14.2 Å². The summed E-state index contributed by atoms with van der Waals surface area (Å²) in [6, 6.07) is 4.96. The van der Waals surface area contributed by atoms with Crippen LogP contribution in [0, 0.1) is 0 Å². The topological polar surface area (TPSA) is 97.4 Å². The van der Waals surface area contributed by atoms with Crippen LogP contribution < -0.4 is 14.8 Å². The van der Waals surface area contributed by atoms with E-state index in [1.54, 1.807) is 25.1 Å². The van der Waals surface area contributed by atoms with Gasteiger partial charge in [0.1, 0.15) is 0 Å². The lowest BCUT2D eigenvalue weighted by Crippen LogP contribution is -2.53. The van der Waals surface area contributed by atoms with Gasteiger partial charge in [-0.3, -0.25) is 9.59 Å². The quantitative estimate of drug-likeness (QED) is 0.739. The van der Waals surface area contributed by atoms with Crippen LogP contribution in [0.5, 0.6) is 11.5 Å².